The molecule has 1 aromatic heterocycles. The second kappa shape index (κ2) is 6.32. The van der Waals surface area contributed by atoms with Crippen molar-refractivity contribution in [2.75, 3.05) is 7.11 Å². The average molecular weight is 299 g/mol. The van der Waals surface area contributed by atoms with Gasteiger partial charge in [0, 0.05) is 30.3 Å². The summed E-state index contributed by atoms with van der Waals surface area (Å²) in [6, 6.07) is 10.2. The van der Waals surface area contributed by atoms with Crippen LogP contribution in [0, 0.1) is 0 Å². The second-order valence-corrected chi connectivity index (χ2v) is 5.53. The van der Waals surface area contributed by atoms with Crippen molar-refractivity contribution in [3.05, 3.63) is 46.2 Å². The van der Waals surface area contributed by atoms with Crippen LogP contribution in [0.4, 0.5) is 0 Å². The lowest BCUT2D eigenvalue weighted by Crippen LogP contribution is -2.29. The molecule has 1 fully saturated rings. The van der Waals surface area contributed by atoms with Crippen molar-refractivity contribution in [3.8, 4) is 17.0 Å². The Kier molecular flexibility index (Phi) is 4.24. The Labute approximate surface area is 129 Å². The SMILES string of the molecule is CCn1nc(-c2ccccc2OC)cc(CNC2CC2)c1=O. The van der Waals surface area contributed by atoms with E-state index in [9.17, 15) is 4.79 Å². The summed E-state index contributed by atoms with van der Waals surface area (Å²) >= 11 is 0. The van der Waals surface area contributed by atoms with E-state index in [4.69, 9.17) is 4.74 Å². The summed E-state index contributed by atoms with van der Waals surface area (Å²) in [6.07, 6.45) is 2.40. The van der Waals surface area contributed by atoms with Crippen molar-refractivity contribution in [3.63, 3.8) is 0 Å². The van der Waals surface area contributed by atoms with Crippen molar-refractivity contribution >= 4 is 0 Å². The summed E-state index contributed by atoms with van der Waals surface area (Å²) in [5, 5.41) is 7.87. The number of rotatable bonds is 6. The number of ether oxygens (including phenoxy) is 1. The number of benzene rings is 1. The first-order valence-electron chi connectivity index (χ1n) is 7.70. The van der Waals surface area contributed by atoms with Gasteiger partial charge in [-0.3, -0.25) is 4.79 Å². The highest BCUT2D eigenvalue weighted by molar-refractivity contribution is 5.67. The lowest BCUT2D eigenvalue weighted by atomic mass is 10.1. The fourth-order valence-corrected chi connectivity index (χ4v) is 2.47. The first-order valence-corrected chi connectivity index (χ1v) is 7.70. The van der Waals surface area contributed by atoms with Gasteiger partial charge >= 0.3 is 0 Å². The van der Waals surface area contributed by atoms with Crippen LogP contribution < -0.4 is 15.6 Å². The number of nitrogens with one attached hydrogen (secondary N) is 1. The molecule has 0 unspecified atom stereocenters. The van der Waals surface area contributed by atoms with Gasteiger partial charge in [0.2, 0.25) is 0 Å². The molecule has 5 nitrogen and oxygen atoms in total. The van der Waals surface area contributed by atoms with Gasteiger partial charge in [-0.15, -0.1) is 0 Å². The Morgan fingerprint density at radius 2 is 2.14 bits per heavy atom. The topological polar surface area (TPSA) is 56.1 Å². The van der Waals surface area contributed by atoms with E-state index in [1.54, 1.807) is 7.11 Å². The number of nitrogens with zero attached hydrogens (tertiary/aromatic N) is 2. The summed E-state index contributed by atoms with van der Waals surface area (Å²) in [5.41, 5.74) is 2.41. The van der Waals surface area contributed by atoms with E-state index in [0.717, 1.165) is 22.6 Å². The smallest absolute Gasteiger partial charge is 0.271 e. The Balaban J connectivity index is 2.02. The highest BCUT2D eigenvalue weighted by atomic mass is 16.5. The predicted octanol–water partition coefficient (Wildman–Crippen LogP) is 2.19. The largest absolute Gasteiger partial charge is 0.496 e. The third kappa shape index (κ3) is 3.04. The number of hydrogen-bond acceptors (Lipinski definition) is 4. The minimum absolute atomic E-state index is 0.0192. The maximum atomic E-state index is 12.4. The molecule has 0 radical (unpaired) electrons. The van der Waals surface area contributed by atoms with Gasteiger partial charge in [0.15, 0.2) is 0 Å². The van der Waals surface area contributed by atoms with Crippen LogP contribution in [0.15, 0.2) is 35.1 Å². The maximum Gasteiger partial charge on any atom is 0.271 e. The summed E-state index contributed by atoms with van der Waals surface area (Å²) in [6.45, 7) is 3.07. The molecule has 22 heavy (non-hydrogen) atoms. The Morgan fingerprint density at radius 3 is 2.82 bits per heavy atom. The summed E-state index contributed by atoms with van der Waals surface area (Å²) < 4.78 is 6.93. The highest BCUT2D eigenvalue weighted by Crippen LogP contribution is 2.28. The molecule has 1 aliphatic carbocycles. The molecule has 0 aliphatic heterocycles. The molecule has 1 heterocycles. The molecule has 0 saturated heterocycles. The van der Waals surface area contributed by atoms with E-state index in [0.29, 0.717) is 19.1 Å². The predicted molar refractivity (Wildman–Crippen MR) is 86.0 cm³/mol. The zero-order chi connectivity index (χ0) is 15.5. The van der Waals surface area contributed by atoms with Crippen molar-refractivity contribution in [2.24, 2.45) is 0 Å². The second-order valence-electron chi connectivity index (χ2n) is 5.53. The summed E-state index contributed by atoms with van der Waals surface area (Å²) in [5.74, 6) is 0.761. The van der Waals surface area contributed by atoms with E-state index < -0.39 is 0 Å². The van der Waals surface area contributed by atoms with E-state index in [1.807, 2.05) is 37.3 Å². The van der Waals surface area contributed by atoms with Crippen LogP contribution >= 0.6 is 0 Å². The molecule has 3 rings (SSSR count). The Morgan fingerprint density at radius 1 is 1.36 bits per heavy atom. The lowest BCUT2D eigenvalue weighted by molar-refractivity contribution is 0.416. The van der Waals surface area contributed by atoms with Gasteiger partial charge in [0.05, 0.1) is 12.8 Å². The van der Waals surface area contributed by atoms with Crippen molar-refractivity contribution < 1.29 is 4.74 Å². The third-order valence-electron chi connectivity index (χ3n) is 3.89. The highest BCUT2D eigenvalue weighted by Gasteiger charge is 2.21. The molecule has 0 atom stereocenters. The number of methoxy groups -OCH3 is 1. The average Bonchev–Trinajstić information content (AvgIpc) is 3.38. The quantitative estimate of drug-likeness (QED) is 0.888. The summed E-state index contributed by atoms with van der Waals surface area (Å²) in [4.78, 5) is 12.4. The minimum Gasteiger partial charge on any atom is -0.496 e. The van der Waals surface area contributed by atoms with Gasteiger partial charge in [-0.2, -0.15) is 5.10 Å². The molecule has 1 N–H and O–H groups in total. The number of hydrogen-bond donors (Lipinski definition) is 1. The number of aryl methyl sites for hydroxylation is 1. The minimum atomic E-state index is -0.0192. The molecule has 2 aromatic rings. The normalized spacial score (nSPS) is 14.1. The first kappa shape index (κ1) is 14.8. The Hall–Kier alpha value is -2.14. The van der Waals surface area contributed by atoms with Crippen LogP contribution in [0.3, 0.4) is 0 Å². The zero-order valence-corrected chi connectivity index (χ0v) is 13.0. The lowest BCUT2D eigenvalue weighted by Gasteiger charge is -2.12. The van der Waals surface area contributed by atoms with Gasteiger partial charge in [0.1, 0.15) is 5.75 Å². The molecule has 0 spiro atoms. The third-order valence-corrected chi connectivity index (χ3v) is 3.89. The molecule has 116 valence electrons. The van der Waals surface area contributed by atoms with E-state index >= 15 is 0 Å². The standard InChI is InChI=1S/C17H21N3O2/c1-3-20-17(21)12(11-18-13-8-9-13)10-15(19-20)14-6-4-5-7-16(14)22-2/h4-7,10,13,18H,3,8-9,11H2,1-2H3. The molecule has 0 amide bonds. The van der Waals surface area contributed by atoms with Crippen LogP contribution in [0.2, 0.25) is 0 Å². The van der Waals surface area contributed by atoms with E-state index in [-0.39, 0.29) is 5.56 Å². The van der Waals surface area contributed by atoms with Crippen LogP contribution in [-0.4, -0.2) is 22.9 Å². The molecule has 5 heteroatoms. The fourth-order valence-electron chi connectivity index (χ4n) is 2.47. The molecule has 1 saturated carbocycles. The van der Waals surface area contributed by atoms with Crippen LogP contribution in [-0.2, 0) is 13.1 Å². The number of para-hydroxylation sites is 1. The summed E-state index contributed by atoms with van der Waals surface area (Å²) in [7, 11) is 1.64. The van der Waals surface area contributed by atoms with Gasteiger partial charge in [-0.25, -0.2) is 4.68 Å². The van der Waals surface area contributed by atoms with Gasteiger partial charge in [0.25, 0.3) is 5.56 Å². The molecule has 1 aromatic carbocycles. The molecular formula is C17H21N3O2. The molecule has 1 aliphatic rings. The molecular weight excluding hydrogens is 278 g/mol. The Bertz CT molecular complexity index is 720. The van der Waals surface area contributed by atoms with Crippen LogP contribution in [0.1, 0.15) is 25.3 Å². The molecule has 0 bridgehead atoms. The van der Waals surface area contributed by atoms with Crippen molar-refractivity contribution in [1.29, 1.82) is 0 Å². The first-order chi connectivity index (χ1) is 10.7. The van der Waals surface area contributed by atoms with Crippen LogP contribution in [0.5, 0.6) is 5.75 Å². The van der Waals surface area contributed by atoms with E-state index in [1.165, 1.54) is 17.5 Å². The maximum absolute atomic E-state index is 12.4. The van der Waals surface area contributed by atoms with E-state index in [2.05, 4.69) is 10.4 Å². The number of aromatic nitrogens is 2. The zero-order valence-electron chi connectivity index (χ0n) is 13.0. The van der Waals surface area contributed by atoms with Gasteiger partial charge in [-0.1, -0.05) is 12.1 Å². The monoisotopic (exact) mass is 299 g/mol. The fraction of sp³-hybridized carbons (Fsp3) is 0.412. The van der Waals surface area contributed by atoms with Gasteiger partial charge in [-0.05, 0) is 38.0 Å². The van der Waals surface area contributed by atoms with Crippen molar-refractivity contribution in [1.82, 2.24) is 15.1 Å². The van der Waals surface area contributed by atoms with Crippen LogP contribution in [0.25, 0.3) is 11.3 Å². The van der Waals surface area contributed by atoms with Gasteiger partial charge < -0.3 is 10.1 Å². The van der Waals surface area contributed by atoms with Crippen molar-refractivity contribution in [2.45, 2.75) is 38.9 Å².